The molecule has 0 aromatic carbocycles. The predicted molar refractivity (Wildman–Crippen MR) is 48.3 cm³/mol. The summed E-state index contributed by atoms with van der Waals surface area (Å²) < 4.78 is 2.95. The third-order valence-electron chi connectivity index (χ3n) is 1.63. The summed E-state index contributed by atoms with van der Waals surface area (Å²) in [7, 11) is 1.94. The highest BCUT2D eigenvalue weighted by atomic mass is 79.9. The summed E-state index contributed by atoms with van der Waals surface area (Å²) in [5.41, 5.74) is 6.62. The van der Waals surface area contributed by atoms with E-state index in [9.17, 15) is 0 Å². The highest BCUT2D eigenvalue weighted by Crippen LogP contribution is 2.15. The molecule has 0 saturated heterocycles. The molecular formula is C7H12BrN3. The van der Waals surface area contributed by atoms with Crippen LogP contribution in [0, 0.1) is 0 Å². The maximum atomic E-state index is 5.40. The molecule has 1 heterocycles. The van der Waals surface area contributed by atoms with E-state index in [-0.39, 0.29) is 0 Å². The Bertz CT molecular complexity index is 212. The third kappa shape index (κ3) is 2.04. The van der Waals surface area contributed by atoms with Gasteiger partial charge in [0.25, 0.3) is 0 Å². The van der Waals surface area contributed by atoms with Gasteiger partial charge in [0, 0.05) is 7.05 Å². The number of nitrogens with zero attached hydrogens (tertiary/aromatic N) is 2. The average molecular weight is 218 g/mol. The summed E-state index contributed by atoms with van der Waals surface area (Å²) in [6.07, 6.45) is 3.82. The molecule has 0 saturated carbocycles. The molecule has 0 aliphatic heterocycles. The molecule has 0 aliphatic rings. The van der Waals surface area contributed by atoms with Crippen LogP contribution in [0.5, 0.6) is 0 Å². The first-order valence-electron chi connectivity index (χ1n) is 3.62. The van der Waals surface area contributed by atoms with Crippen LogP contribution < -0.4 is 5.73 Å². The van der Waals surface area contributed by atoms with E-state index >= 15 is 0 Å². The van der Waals surface area contributed by atoms with Gasteiger partial charge in [-0.2, -0.15) is 5.10 Å². The Morgan fingerprint density at radius 3 is 2.91 bits per heavy atom. The summed E-state index contributed by atoms with van der Waals surface area (Å²) >= 11 is 3.42. The zero-order valence-electron chi connectivity index (χ0n) is 6.55. The van der Waals surface area contributed by atoms with Crippen molar-refractivity contribution in [1.82, 2.24) is 9.78 Å². The van der Waals surface area contributed by atoms with Crippen LogP contribution in [-0.2, 0) is 13.5 Å². The first kappa shape index (κ1) is 8.74. The molecule has 1 aromatic rings. The minimum absolute atomic E-state index is 0.734. The number of rotatable bonds is 3. The maximum absolute atomic E-state index is 5.40. The van der Waals surface area contributed by atoms with Gasteiger partial charge in [0.05, 0.1) is 16.4 Å². The van der Waals surface area contributed by atoms with Gasteiger partial charge < -0.3 is 5.73 Å². The molecular weight excluding hydrogens is 206 g/mol. The standard InChI is InChI=1S/C7H12BrN3/c1-11-7(3-2-4-9)6(8)5-10-11/h5H,2-4,9H2,1H3. The number of hydrogen-bond acceptors (Lipinski definition) is 2. The summed E-state index contributed by atoms with van der Waals surface area (Å²) in [5, 5.41) is 4.10. The SMILES string of the molecule is Cn1ncc(Br)c1CCCN. The van der Waals surface area contributed by atoms with Crippen molar-refractivity contribution < 1.29 is 0 Å². The Hall–Kier alpha value is -0.350. The molecule has 2 N–H and O–H groups in total. The van der Waals surface area contributed by atoms with E-state index in [1.165, 1.54) is 5.69 Å². The lowest BCUT2D eigenvalue weighted by Crippen LogP contribution is -2.04. The van der Waals surface area contributed by atoms with Crippen LogP contribution in [0.25, 0.3) is 0 Å². The van der Waals surface area contributed by atoms with E-state index in [2.05, 4.69) is 21.0 Å². The fourth-order valence-corrected chi connectivity index (χ4v) is 1.53. The number of aryl methyl sites for hydroxylation is 1. The normalized spacial score (nSPS) is 10.5. The highest BCUT2D eigenvalue weighted by Gasteiger charge is 2.03. The molecule has 0 spiro atoms. The van der Waals surface area contributed by atoms with Crippen molar-refractivity contribution >= 4 is 15.9 Å². The molecule has 62 valence electrons. The average Bonchev–Trinajstić information content (AvgIpc) is 2.29. The summed E-state index contributed by atoms with van der Waals surface area (Å²) in [6.45, 7) is 0.734. The molecule has 0 aliphatic carbocycles. The van der Waals surface area contributed by atoms with Crippen molar-refractivity contribution in [2.24, 2.45) is 12.8 Å². The molecule has 0 bridgehead atoms. The van der Waals surface area contributed by atoms with Crippen molar-refractivity contribution in [3.63, 3.8) is 0 Å². The van der Waals surface area contributed by atoms with E-state index in [4.69, 9.17) is 5.73 Å². The summed E-state index contributed by atoms with van der Waals surface area (Å²) in [4.78, 5) is 0. The number of aromatic nitrogens is 2. The van der Waals surface area contributed by atoms with Crippen molar-refractivity contribution in [2.45, 2.75) is 12.8 Å². The van der Waals surface area contributed by atoms with E-state index in [1.54, 1.807) is 0 Å². The van der Waals surface area contributed by atoms with Gasteiger partial charge in [-0.15, -0.1) is 0 Å². The lowest BCUT2D eigenvalue weighted by atomic mass is 10.2. The molecule has 3 nitrogen and oxygen atoms in total. The van der Waals surface area contributed by atoms with Crippen molar-refractivity contribution in [1.29, 1.82) is 0 Å². The summed E-state index contributed by atoms with van der Waals surface area (Å²) in [5.74, 6) is 0. The molecule has 0 fully saturated rings. The van der Waals surface area contributed by atoms with E-state index in [1.807, 2.05) is 17.9 Å². The van der Waals surface area contributed by atoms with E-state index < -0.39 is 0 Å². The highest BCUT2D eigenvalue weighted by molar-refractivity contribution is 9.10. The van der Waals surface area contributed by atoms with Gasteiger partial charge in [-0.1, -0.05) is 0 Å². The van der Waals surface area contributed by atoms with Crippen LogP contribution in [0.3, 0.4) is 0 Å². The lowest BCUT2D eigenvalue weighted by molar-refractivity contribution is 0.684. The van der Waals surface area contributed by atoms with Crippen LogP contribution >= 0.6 is 15.9 Å². The van der Waals surface area contributed by atoms with E-state index in [0.717, 1.165) is 23.9 Å². The zero-order chi connectivity index (χ0) is 8.27. The first-order chi connectivity index (χ1) is 5.25. The van der Waals surface area contributed by atoms with Gasteiger partial charge in [0.1, 0.15) is 0 Å². The molecule has 11 heavy (non-hydrogen) atoms. The monoisotopic (exact) mass is 217 g/mol. The number of hydrogen-bond donors (Lipinski definition) is 1. The first-order valence-corrected chi connectivity index (χ1v) is 4.41. The minimum atomic E-state index is 0.734. The number of halogens is 1. The summed E-state index contributed by atoms with van der Waals surface area (Å²) in [6, 6.07) is 0. The Kier molecular flexibility index (Phi) is 3.08. The second-order valence-electron chi connectivity index (χ2n) is 2.46. The van der Waals surface area contributed by atoms with Gasteiger partial charge in [0.2, 0.25) is 0 Å². The van der Waals surface area contributed by atoms with Gasteiger partial charge in [0.15, 0.2) is 0 Å². The van der Waals surface area contributed by atoms with Gasteiger partial charge >= 0.3 is 0 Å². The maximum Gasteiger partial charge on any atom is 0.0635 e. The fraction of sp³-hybridized carbons (Fsp3) is 0.571. The third-order valence-corrected chi connectivity index (χ3v) is 2.29. The molecule has 1 aromatic heterocycles. The molecule has 0 unspecified atom stereocenters. The lowest BCUT2D eigenvalue weighted by Gasteiger charge is -2.00. The van der Waals surface area contributed by atoms with Crippen LogP contribution in [0.1, 0.15) is 12.1 Å². The Balaban J connectivity index is 2.67. The minimum Gasteiger partial charge on any atom is -0.330 e. The quantitative estimate of drug-likeness (QED) is 0.824. The van der Waals surface area contributed by atoms with Gasteiger partial charge in [-0.25, -0.2) is 0 Å². The largest absolute Gasteiger partial charge is 0.330 e. The van der Waals surface area contributed by atoms with E-state index in [0.29, 0.717) is 0 Å². The second-order valence-corrected chi connectivity index (χ2v) is 3.31. The topological polar surface area (TPSA) is 43.8 Å². The zero-order valence-corrected chi connectivity index (χ0v) is 8.13. The van der Waals surface area contributed by atoms with Gasteiger partial charge in [-0.05, 0) is 35.3 Å². The molecule has 1 rings (SSSR count). The van der Waals surface area contributed by atoms with Crippen molar-refractivity contribution in [3.05, 3.63) is 16.4 Å². The molecule has 0 radical (unpaired) electrons. The molecule has 4 heteroatoms. The fourth-order valence-electron chi connectivity index (χ4n) is 0.987. The van der Waals surface area contributed by atoms with Crippen molar-refractivity contribution in [3.8, 4) is 0 Å². The Morgan fingerprint density at radius 2 is 2.45 bits per heavy atom. The van der Waals surface area contributed by atoms with Gasteiger partial charge in [-0.3, -0.25) is 4.68 Å². The second kappa shape index (κ2) is 3.88. The Morgan fingerprint density at radius 1 is 1.73 bits per heavy atom. The molecule has 0 atom stereocenters. The predicted octanol–water partition coefficient (Wildman–Crippen LogP) is 1.07. The number of nitrogens with two attached hydrogens (primary N) is 1. The van der Waals surface area contributed by atoms with Crippen molar-refractivity contribution in [2.75, 3.05) is 6.54 Å². The smallest absolute Gasteiger partial charge is 0.0635 e. The molecule has 0 amide bonds. The Labute approximate surface area is 74.7 Å². The van der Waals surface area contributed by atoms with Crippen LogP contribution in [-0.4, -0.2) is 16.3 Å². The van der Waals surface area contributed by atoms with Crippen LogP contribution in [0.15, 0.2) is 10.7 Å². The van der Waals surface area contributed by atoms with Crippen LogP contribution in [0.4, 0.5) is 0 Å². The van der Waals surface area contributed by atoms with Crippen LogP contribution in [0.2, 0.25) is 0 Å².